The van der Waals surface area contributed by atoms with E-state index >= 15 is 0 Å². The fraction of sp³-hybridized carbons (Fsp3) is 0.500. The Hall–Kier alpha value is -4.19. The molecule has 0 saturated carbocycles. The predicted molar refractivity (Wildman–Crippen MR) is 163 cm³/mol. The molecule has 4 rings (SSSR count). The summed E-state index contributed by atoms with van der Waals surface area (Å²) >= 11 is 6.77. The van der Waals surface area contributed by atoms with Crippen LogP contribution < -0.4 is 18.9 Å². The third kappa shape index (κ3) is 7.38. The normalized spacial score (nSPS) is 14.8. The molecule has 2 aromatic rings. The van der Waals surface area contributed by atoms with Gasteiger partial charge in [-0.3, -0.25) is 19.2 Å². The second kappa shape index (κ2) is 14.3. The average molecular weight is 647 g/mol. The van der Waals surface area contributed by atoms with Crippen molar-refractivity contribution in [3.63, 3.8) is 0 Å². The number of aliphatic carboxylic acids is 2. The number of nitrogens with zero attached hydrogens (tertiary/aromatic N) is 2. The summed E-state index contributed by atoms with van der Waals surface area (Å²) in [5.74, 6) is -2.15. The number of hydrogen-bond donors (Lipinski definition) is 2. The first-order valence-electron chi connectivity index (χ1n) is 14.7. The summed E-state index contributed by atoms with van der Waals surface area (Å²) in [4.78, 5) is 51.0. The number of hydrogen-bond acceptors (Lipinski definition) is 8. The lowest BCUT2D eigenvalue weighted by Crippen LogP contribution is -2.28. The van der Waals surface area contributed by atoms with E-state index in [9.17, 15) is 24.3 Å². The topological polar surface area (TPSA) is 152 Å². The lowest BCUT2D eigenvalue weighted by molar-refractivity contribution is -0.145. The van der Waals surface area contributed by atoms with Crippen molar-refractivity contribution in [3.05, 3.63) is 45.0 Å². The number of ether oxygens (including phenoxy) is 4. The third-order valence-electron chi connectivity index (χ3n) is 8.24. The summed E-state index contributed by atoms with van der Waals surface area (Å²) < 4.78 is 23.3. The van der Waals surface area contributed by atoms with Gasteiger partial charge in [-0.2, -0.15) is 0 Å². The van der Waals surface area contributed by atoms with Crippen molar-refractivity contribution in [3.8, 4) is 23.0 Å². The molecule has 2 amide bonds. The number of carbonyl (C=O) groups excluding carboxylic acids is 2. The third-order valence-corrected chi connectivity index (χ3v) is 8.64. The molecule has 13 heteroatoms. The van der Waals surface area contributed by atoms with Gasteiger partial charge < -0.3 is 39.0 Å². The zero-order chi connectivity index (χ0) is 33.0. The van der Waals surface area contributed by atoms with Crippen LogP contribution in [-0.4, -0.2) is 71.2 Å². The SMILES string of the molecule is COc1cc2c(cc1OCCCOc1c(Cl)c3c(c(C)c1OC)CN(C(=O)C[C@H](C)C(=O)O)C3)CN(C(=O)C[C@H](C)C(=O)O)C2. The first-order valence-corrected chi connectivity index (χ1v) is 15.1. The van der Waals surface area contributed by atoms with Crippen LogP contribution in [0.5, 0.6) is 23.0 Å². The van der Waals surface area contributed by atoms with Gasteiger partial charge in [-0.05, 0) is 41.3 Å². The van der Waals surface area contributed by atoms with Crippen LogP contribution in [0.3, 0.4) is 0 Å². The van der Waals surface area contributed by atoms with E-state index in [0.29, 0.717) is 60.7 Å². The molecule has 2 atom stereocenters. The standard InChI is InChI=1S/C32H39ClN2O10/c1-17(31(38)39)9-26(36)34-13-20-11-24(42-4)25(12-21(20)14-34)44-7-6-8-45-30-28(33)23-16-35(27(37)10-18(2)32(40)41)15-22(23)19(3)29(30)43-5/h11-12,17-18H,6-10,13-16H2,1-5H3,(H,38,39)(H,40,41)/t17-,18-/m0/s1. The van der Waals surface area contributed by atoms with E-state index in [2.05, 4.69) is 0 Å². The van der Waals surface area contributed by atoms with Gasteiger partial charge in [0.25, 0.3) is 0 Å². The minimum Gasteiger partial charge on any atom is -0.493 e. The fourth-order valence-corrected chi connectivity index (χ4v) is 5.81. The highest BCUT2D eigenvalue weighted by Crippen LogP contribution is 2.46. The van der Waals surface area contributed by atoms with E-state index in [0.717, 1.165) is 27.8 Å². The van der Waals surface area contributed by atoms with Gasteiger partial charge in [0.1, 0.15) is 0 Å². The van der Waals surface area contributed by atoms with Crippen LogP contribution in [0.4, 0.5) is 0 Å². The smallest absolute Gasteiger partial charge is 0.306 e. The molecule has 0 aromatic heterocycles. The highest BCUT2D eigenvalue weighted by molar-refractivity contribution is 6.33. The van der Waals surface area contributed by atoms with Crippen molar-refractivity contribution >= 4 is 35.4 Å². The molecule has 0 spiro atoms. The highest BCUT2D eigenvalue weighted by atomic mass is 35.5. The van der Waals surface area contributed by atoms with Gasteiger partial charge in [-0.15, -0.1) is 0 Å². The highest BCUT2D eigenvalue weighted by Gasteiger charge is 2.33. The number of carboxylic acids is 2. The number of halogens is 1. The summed E-state index contributed by atoms with van der Waals surface area (Å²) in [6, 6.07) is 3.68. The van der Waals surface area contributed by atoms with Crippen LogP contribution >= 0.6 is 11.6 Å². The van der Waals surface area contributed by atoms with E-state index in [-0.39, 0.29) is 37.8 Å². The van der Waals surface area contributed by atoms with Crippen molar-refractivity contribution in [1.82, 2.24) is 9.80 Å². The van der Waals surface area contributed by atoms with Crippen LogP contribution in [0.15, 0.2) is 12.1 Å². The van der Waals surface area contributed by atoms with E-state index in [4.69, 9.17) is 35.7 Å². The van der Waals surface area contributed by atoms with Crippen molar-refractivity contribution in [2.24, 2.45) is 11.8 Å². The minimum atomic E-state index is -1.02. The summed E-state index contributed by atoms with van der Waals surface area (Å²) in [5, 5.41) is 18.7. The van der Waals surface area contributed by atoms with Crippen molar-refractivity contribution in [2.75, 3.05) is 27.4 Å². The van der Waals surface area contributed by atoms with Crippen LogP contribution in [0.1, 0.15) is 60.9 Å². The number of carboxylic acid groups (broad SMARTS) is 2. The molecule has 2 heterocycles. The maximum Gasteiger partial charge on any atom is 0.306 e. The molecule has 45 heavy (non-hydrogen) atoms. The number of rotatable bonds is 14. The van der Waals surface area contributed by atoms with Gasteiger partial charge in [0.2, 0.25) is 11.8 Å². The lowest BCUT2D eigenvalue weighted by Gasteiger charge is -2.18. The number of amides is 2. The van der Waals surface area contributed by atoms with E-state index < -0.39 is 23.8 Å². The van der Waals surface area contributed by atoms with E-state index in [1.165, 1.54) is 28.1 Å². The van der Waals surface area contributed by atoms with E-state index in [1.807, 2.05) is 19.1 Å². The van der Waals surface area contributed by atoms with Gasteiger partial charge in [-0.25, -0.2) is 0 Å². The quantitative estimate of drug-likeness (QED) is 0.282. The van der Waals surface area contributed by atoms with Gasteiger partial charge in [0, 0.05) is 51.0 Å². The van der Waals surface area contributed by atoms with Crippen LogP contribution in [0.2, 0.25) is 5.02 Å². The zero-order valence-corrected chi connectivity index (χ0v) is 26.9. The Labute approximate surface area is 266 Å². The maximum atomic E-state index is 12.8. The second-order valence-corrected chi connectivity index (χ2v) is 11.8. The van der Waals surface area contributed by atoms with Gasteiger partial charge in [-0.1, -0.05) is 25.4 Å². The first kappa shape index (κ1) is 33.7. The molecule has 0 radical (unpaired) electrons. The summed E-state index contributed by atoms with van der Waals surface area (Å²) in [5.41, 5.74) is 4.25. The fourth-order valence-electron chi connectivity index (χ4n) is 5.50. The minimum absolute atomic E-state index is 0.0647. The number of fused-ring (bicyclic) bond motifs is 2. The molecule has 2 aromatic carbocycles. The summed E-state index contributed by atoms with van der Waals surface area (Å²) in [7, 11) is 3.06. The summed E-state index contributed by atoms with van der Waals surface area (Å²) in [6.07, 6.45) is 0.327. The molecule has 0 bridgehead atoms. The Balaban J connectivity index is 1.36. The molecule has 2 aliphatic heterocycles. The Morgan fingerprint density at radius 3 is 1.82 bits per heavy atom. The van der Waals surface area contributed by atoms with Crippen LogP contribution in [0.25, 0.3) is 0 Å². The Bertz CT molecular complexity index is 1490. The molecule has 0 unspecified atom stereocenters. The number of carbonyl (C=O) groups is 4. The van der Waals surface area contributed by atoms with Crippen molar-refractivity contribution < 1.29 is 48.3 Å². The zero-order valence-electron chi connectivity index (χ0n) is 26.1. The molecular weight excluding hydrogens is 608 g/mol. The van der Waals surface area contributed by atoms with Crippen molar-refractivity contribution in [1.29, 1.82) is 0 Å². The first-order chi connectivity index (χ1) is 21.4. The van der Waals surface area contributed by atoms with E-state index in [1.54, 1.807) is 9.80 Å². The number of methoxy groups -OCH3 is 2. The molecule has 2 N–H and O–H groups in total. The van der Waals surface area contributed by atoms with Crippen LogP contribution in [-0.2, 0) is 45.4 Å². The Kier molecular flexibility index (Phi) is 10.7. The van der Waals surface area contributed by atoms with Gasteiger partial charge in [0.05, 0.1) is 44.3 Å². The average Bonchev–Trinajstić information content (AvgIpc) is 3.64. The Morgan fingerprint density at radius 2 is 1.29 bits per heavy atom. The maximum absolute atomic E-state index is 12.8. The molecule has 0 saturated heterocycles. The van der Waals surface area contributed by atoms with Crippen molar-refractivity contribution in [2.45, 2.75) is 66.2 Å². The van der Waals surface area contributed by atoms with Gasteiger partial charge in [0.15, 0.2) is 23.0 Å². The Morgan fingerprint density at radius 1 is 0.778 bits per heavy atom. The lowest BCUT2D eigenvalue weighted by atomic mass is 10.0. The molecule has 0 aliphatic carbocycles. The monoisotopic (exact) mass is 646 g/mol. The number of benzene rings is 2. The molecule has 244 valence electrons. The van der Waals surface area contributed by atoms with Crippen LogP contribution in [0, 0.1) is 18.8 Å². The molecule has 12 nitrogen and oxygen atoms in total. The molecule has 2 aliphatic rings. The summed E-state index contributed by atoms with van der Waals surface area (Å²) in [6.45, 7) is 6.75. The molecule has 0 fully saturated rings. The predicted octanol–water partition coefficient (Wildman–Crippen LogP) is 4.42. The largest absolute Gasteiger partial charge is 0.493 e. The van der Waals surface area contributed by atoms with Gasteiger partial charge >= 0.3 is 11.9 Å². The molecular formula is C32H39ClN2O10. The second-order valence-electron chi connectivity index (χ2n) is 11.5.